The zero-order valence-corrected chi connectivity index (χ0v) is 19.3. The minimum absolute atomic E-state index is 0.190. The molecule has 0 unspecified atom stereocenters. The van der Waals surface area contributed by atoms with Gasteiger partial charge in [0.15, 0.2) is 0 Å². The van der Waals surface area contributed by atoms with Crippen molar-refractivity contribution in [3.8, 4) is 17.0 Å². The second-order valence-electron chi connectivity index (χ2n) is 9.40. The number of hydrogen-bond acceptors (Lipinski definition) is 8. The maximum atomic E-state index is 6.45. The molecule has 33 heavy (non-hydrogen) atoms. The smallest absolute Gasteiger partial charge is 0.140 e. The Kier molecular flexibility index (Phi) is 6.21. The van der Waals surface area contributed by atoms with E-state index in [2.05, 4.69) is 27.3 Å². The van der Waals surface area contributed by atoms with Crippen LogP contribution in [0.5, 0.6) is 5.75 Å². The summed E-state index contributed by atoms with van der Waals surface area (Å²) < 4.78 is 11.5. The summed E-state index contributed by atoms with van der Waals surface area (Å²) in [4.78, 5) is 14.8. The Balaban J connectivity index is 1.58. The zero-order valence-electron chi connectivity index (χ0n) is 19.3. The van der Waals surface area contributed by atoms with Crippen molar-refractivity contribution in [2.24, 2.45) is 10.9 Å². The van der Waals surface area contributed by atoms with Crippen LogP contribution in [0.1, 0.15) is 62.5 Å². The number of hydrogen-bond donors (Lipinski definition) is 2. The second kappa shape index (κ2) is 9.27. The first-order chi connectivity index (χ1) is 16.1. The number of oxime groups is 1. The van der Waals surface area contributed by atoms with Gasteiger partial charge in [-0.3, -0.25) is 0 Å². The fourth-order valence-corrected chi connectivity index (χ4v) is 5.68. The molecule has 1 spiro atoms. The summed E-state index contributed by atoms with van der Waals surface area (Å²) in [6.45, 7) is 0.864. The summed E-state index contributed by atoms with van der Waals surface area (Å²) >= 11 is 0. The highest BCUT2D eigenvalue weighted by atomic mass is 16.6. The molecule has 2 fully saturated rings. The van der Waals surface area contributed by atoms with Crippen molar-refractivity contribution >= 4 is 11.5 Å². The molecule has 8 heteroatoms. The van der Waals surface area contributed by atoms with Gasteiger partial charge in [-0.15, -0.1) is 0 Å². The number of anilines is 1. The lowest BCUT2D eigenvalue weighted by Gasteiger charge is -2.37. The molecule has 3 aliphatic rings. The largest absolute Gasteiger partial charge is 0.490 e. The van der Waals surface area contributed by atoms with Crippen LogP contribution in [0.2, 0.25) is 0 Å². The van der Waals surface area contributed by atoms with Crippen molar-refractivity contribution in [1.29, 1.82) is 0 Å². The van der Waals surface area contributed by atoms with Crippen LogP contribution in [0.25, 0.3) is 11.3 Å². The molecule has 1 aromatic carbocycles. The number of ether oxygens (including phenoxy) is 2. The molecule has 4 N–H and O–H groups in total. The maximum Gasteiger partial charge on any atom is 0.140 e. The van der Waals surface area contributed by atoms with Crippen molar-refractivity contribution < 1.29 is 14.3 Å². The van der Waals surface area contributed by atoms with Gasteiger partial charge in [0.2, 0.25) is 0 Å². The van der Waals surface area contributed by atoms with Gasteiger partial charge in [-0.25, -0.2) is 9.97 Å². The van der Waals surface area contributed by atoms with E-state index in [0.717, 1.165) is 85.2 Å². The lowest BCUT2D eigenvalue weighted by Crippen LogP contribution is -2.39. The van der Waals surface area contributed by atoms with Gasteiger partial charge in [-0.2, -0.15) is 0 Å². The third-order valence-corrected chi connectivity index (χ3v) is 7.32. The summed E-state index contributed by atoms with van der Waals surface area (Å²) in [5.74, 6) is 1.37. The molecule has 0 bridgehead atoms. The van der Waals surface area contributed by atoms with E-state index < -0.39 is 0 Å². The summed E-state index contributed by atoms with van der Waals surface area (Å²) in [7, 11) is 1.65. The number of nitrogen functional groups attached to an aromatic ring is 1. The molecule has 2 aromatic rings. The number of methoxy groups -OCH3 is 1. The van der Waals surface area contributed by atoms with E-state index in [1.54, 1.807) is 13.4 Å². The molecule has 1 heterocycles. The van der Waals surface area contributed by atoms with Gasteiger partial charge in [0.25, 0.3) is 0 Å². The SMILES string of the molecule is COCCO/N=C1\c2cc(O[C@H]3CC[C@H](N)CC3)ccc2-c2ncnc(N)c2C12CCCC2. The monoisotopic (exact) mass is 451 g/mol. The Bertz CT molecular complexity index is 1030. The van der Waals surface area contributed by atoms with Crippen LogP contribution in [-0.2, 0) is 15.0 Å². The molecule has 8 nitrogen and oxygen atoms in total. The van der Waals surface area contributed by atoms with Gasteiger partial charge >= 0.3 is 0 Å². The number of benzene rings is 1. The average molecular weight is 452 g/mol. The summed E-state index contributed by atoms with van der Waals surface area (Å²) in [6, 6.07) is 6.48. The predicted molar refractivity (Wildman–Crippen MR) is 127 cm³/mol. The molecular formula is C25H33N5O3. The van der Waals surface area contributed by atoms with Crippen LogP contribution >= 0.6 is 0 Å². The first-order valence-corrected chi connectivity index (χ1v) is 12.0. The Morgan fingerprint density at radius 1 is 1.06 bits per heavy atom. The van der Waals surface area contributed by atoms with Gasteiger partial charge < -0.3 is 25.8 Å². The summed E-state index contributed by atoms with van der Waals surface area (Å²) in [5, 5.41) is 4.69. The standard InChI is InChI=1S/C25H33N5O3/c1-31-12-13-32-30-23-20-14-18(33-17-6-4-16(26)5-7-17)8-9-19(20)22-21(24(27)29-15-28-22)25(23)10-2-3-11-25/h8-9,14-17H,2-7,10-13,26H2,1H3,(H2,27,28,29)/b30-23+/t16-,17-. The molecule has 0 aliphatic heterocycles. The topological polar surface area (TPSA) is 118 Å². The third kappa shape index (κ3) is 4.06. The highest BCUT2D eigenvalue weighted by molar-refractivity contribution is 6.16. The second-order valence-corrected chi connectivity index (χ2v) is 9.40. The number of rotatable bonds is 6. The molecule has 5 rings (SSSR count). The van der Waals surface area contributed by atoms with E-state index >= 15 is 0 Å². The van der Waals surface area contributed by atoms with Gasteiger partial charge in [0, 0.05) is 35.3 Å². The van der Waals surface area contributed by atoms with Crippen molar-refractivity contribution in [1.82, 2.24) is 9.97 Å². The van der Waals surface area contributed by atoms with E-state index in [9.17, 15) is 0 Å². The molecular weight excluding hydrogens is 418 g/mol. The number of nitrogens with two attached hydrogens (primary N) is 2. The van der Waals surface area contributed by atoms with E-state index in [1.807, 2.05) is 6.07 Å². The van der Waals surface area contributed by atoms with Gasteiger partial charge in [-0.05, 0) is 56.7 Å². The highest BCUT2D eigenvalue weighted by Gasteiger charge is 2.49. The summed E-state index contributed by atoms with van der Waals surface area (Å²) in [5.41, 5.74) is 17.0. The quantitative estimate of drug-likeness (QED) is 0.509. The van der Waals surface area contributed by atoms with Gasteiger partial charge in [0.05, 0.1) is 24.1 Å². The Labute approximate surface area is 194 Å². The van der Waals surface area contributed by atoms with Crippen molar-refractivity contribution in [2.75, 3.05) is 26.1 Å². The van der Waals surface area contributed by atoms with Crippen LogP contribution in [0.4, 0.5) is 5.82 Å². The molecule has 0 saturated heterocycles. The minimum Gasteiger partial charge on any atom is -0.490 e. The minimum atomic E-state index is -0.350. The lowest BCUT2D eigenvalue weighted by molar-refractivity contribution is 0.0741. The van der Waals surface area contributed by atoms with Crippen molar-refractivity contribution in [3.05, 3.63) is 35.7 Å². The Morgan fingerprint density at radius 3 is 2.61 bits per heavy atom. The molecule has 0 amide bonds. The predicted octanol–water partition coefficient (Wildman–Crippen LogP) is 3.57. The molecule has 3 aliphatic carbocycles. The van der Waals surface area contributed by atoms with Crippen LogP contribution in [0.3, 0.4) is 0 Å². The van der Waals surface area contributed by atoms with Crippen molar-refractivity contribution in [3.63, 3.8) is 0 Å². The Morgan fingerprint density at radius 2 is 1.85 bits per heavy atom. The van der Waals surface area contributed by atoms with Crippen LogP contribution in [-0.4, -0.2) is 48.1 Å². The number of fused-ring (bicyclic) bond motifs is 4. The number of aromatic nitrogens is 2. The normalized spacial score (nSPS) is 24.5. The first-order valence-electron chi connectivity index (χ1n) is 12.0. The molecule has 176 valence electrons. The first kappa shape index (κ1) is 22.1. The van der Waals surface area contributed by atoms with Crippen LogP contribution in [0, 0.1) is 0 Å². The van der Waals surface area contributed by atoms with E-state index in [4.69, 9.17) is 25.8 Å². The zero-order chi connectivity index (χ0) is 22.8. The average Bonchev–Trinajstić information content (AvgIpc) is 3.30. The van der Waals surface area contributed by atoms with E-state index in [-0.39, 0.29) is 11.5 Å². The molecule has 1 aromatic heterocycles. The fourth-order valence-electron chi connectivity index (χ4n) is 5.68. The third-order valence-electron chi connectivity index (χ3n) is 7.32. The van der Waals surface area contributed by atoms with Gasteiger partial charge in [0.1, 0.15) is 24.5 Å². The lowest BCUT2D eigenvalue weighted by atomic mass is 9.66. The number of nitrogens with zero attached hydrogens (tertiary/aromatic N) is 3. The van der Waals surface area contributed by atoms with Crippen LogP contribution in [0.15, 0.2) is 29.7 Å². The Hall–Kier alpha value is -2.71. The summed E-state index contributed by atoms with van der Waals surface area (Å²) in [6.07, 6.45) is 9.78. The molecule has 2 saturated carbocycles. The fraction of sp³-hybridized carbons (Fsp3) is 0.560. The highest BCUT2D eigenvalue weighted by Crippen LogP contribution is 2.53. The van der Waals surface area contributed by atoms with Gasteiger partial charge in [-0.1, -0.05) is 18.0 Å². The van der Waals surface area contributed by atoms with E-state index in [1.165, 1.54) is 0 Å². The van der Waals surface area contributed by atoms with E-state index in [0.29, 0.717) is 25.1 Å². The van der Waals surface area contributed by atoms with Crippen LogP contribution < -0.4 is 16.2 Å². The van der Waals surface area contributed by atoms with Crippen molar-refractivity contribution in [2.45, 2.75) is 68.9 Å². The molecule has 0 atom stereocenters. The molecule has 0 radical (unpaired) electrons. The maximum absolute atomic E-state index is 6.45.